The van der Waals surface area contributed by atoms with Crippen molar-refractivity contribution in [1.82, 2.24) is 20.1 Å². The molecule has 1 amide bonds. The maximum atomic E-state index is 13.2. The Balaban J connectivity index is 1.36. The first-order valence-corrected chi connectivity index (χ1v) is 9.49. The van der Waals surface area contributed by atoms with Crippen molar-refractivity contribution in [3.05, 3.63) is 71.1 Å². The van der Waals surface area contributed by atoms with Gasteiger partial charge in [0.05, 0.1) is 10.6 Å². The molecule has 3 heterocycles. The van der Waals surface area contributed by atoms with Crippen LogP contribution in [-0.4, -0.2) is 52.2 Å². The smallest absolute Gasteiger partial charge is 0.255 e. The van der Waals surface area contributed by atoms with Crippen molar-refractivity contribution in [3.8, 4) is 0 Å². The van der Waals surface area contributed by atoms with Gasteiger partial charge in [-0.05, 0) is 42.5 Å². The summed E-state index contributed by atoms with van der Waals surface area (Å²) < 4.78 is 13.2. The normalized spacial score (nSPS) is 14.0. The second kappa shape index (κ2) is 8.40. The van der Waals surface area contributed by atoms with Crippen LogP contribution in [0.25, 0.3) is 0 Å². The van der Waals surface area contributed by atoms with Gasteiger partial charge in [0, 0.05) is 32.4 Å². The number of carbonyl (C=O) groups is 1. The van der Waals surface area contributed by atoms with Crippen LogP contribution in [0.1, 0.15) is 10.4 Å². The average Bonchev–Trinajstić information content (AvgIpc) is 2.75. The maximum Gasteiger partial charge on any atom is 0.255 e. The fourth-order valence-electron chi connectivity index (χ4n) is 3.10. The predicted molar refractivity (Wildman–Crippen MR) is 109 cm³/mol. The molecular weight excluding hydrogens is 395 g/mol. The number of hydrogen-bond acceptors (Lipinski definition) is 6. The number of benzene rings is 1. The number of hydrogen-bond donors (Lipinski definition) is 1. The van der Waals surface area contributed by atoms with E-state index in [0.29, 0.717) is 43.4 Å². The van der Waals surface area contributed by atoms with E-state index < -0.39 is 5.82 Å². The van der Waals surface area contributed by atoms with Gasteiger partial charge in [0.2, 0.25) is 0 Å². The molecule has 1 aromatic carbocycles. The zero-order valence-electron chi connectivity index (χ0n) is 15.4. The van der Waals surface area contributed by atoms with Crippen LogP contribution in [0.4, 0.5) is 21.8 Å². The van der Waals surface area contributed by atoms with E-state index in [4.69, 9.17) is 11.6 Å². The van der Waals surface area contributed by atoms with E-state index in [9.17, 15) is 9.18 Å². The third kappa shape index (κ3) is 4.43. The van der Waals surface area contributed by atoms with Crippen molar-refractivity contribution >= 4 is 35.0 Å². The lowest BCUT2D eigenvalue weighted by molar-refractivity contribution is 0.0746. The van der Waals surface area contributed by atoms with Crippen molar-refractivity contribution in [2.24, 2.45) is 0 Å². The topological polar surface area (TPSA) is 74.2 Å². The Bertz CT molecular complexity index is 994. The number of carbonyl (C=O) groups excluding carboxylic acids is 1. The Labute approximate surface area is 172 Å². The molecule has 2 aromatic heterocycles. The van der Waals surface area contributed by atoms with Crippen LogP contribution in [0, 0.1) is 5.82 Å². The van der Waals surface area contributed by atoms with Gasteiger partial charge in [0.15, 0.2) is 11.6 Å². The van der Waals surface area contributed by atoms with Gasteiger partial charge in [0.1, 0.15) is 11.6 Å². The van der Waals surface area contributed by atoms with Crippen LogP contribution in [0.3, 0.4) is 0 Å². The number of piperazine rings is 1. The Hall–Kier alpha value is -3.26. The second-order valence-electron chi connectivity index (χ2n) is 6.52. The van der Waals surface area contributed by atoms with Crippen LogP contribution in [-0.2, 0) is 0 Å². The first-order chi connectivity index (χ1) is 14.1. The van der Waals surface area contributed by atoms with E-state index in [1.54, 1.807) is 11.1 Å². The van der Waals surface area contributed by atoms with E-state index >= 15 is 0 Å². The van der Waals surface area contributed by atoms with Crippen LogP contribution in [0.2, 0.25) is 5.02 Å². The molecule has 1 saturated heterocycles. The molecule has 1 aliphatic rings. The lowest BCUT2D eigenvalue weighted by Crippen LogP contribution is -2.49. The molecule has 0 saturated carbocycles. The lowest BCUT2D eigenvalue weighted by Gasteiger charge is -2.35. The minimum absolute atomic E-state index is 0.124. The Morgan fingerprint density at radius 3 is 2.48 bits per heavy atom. The Morgan fingerprint density at radius 1 is 1.00 bits per heavy atom. The molecule has 0 spiro atoms. The van der Waals surface area contributed by atoms with Gasteiger partial charge in [-0.3, -0.25) is 4.79 Å². The number of rotatable bonds is 4. The molecule has 0 bridgehead atoms. The van der Waals surface area contributed by atoms with Gasteiger partial charge < -0.3 is 15.1 Å². The minimum Gasteiger partial charge on any atom is -0.352 e. The summed E-state index contributed by atoms with van der Waals surface area (Å²) in [6.45, 7) is 2.27. The summed E-state index contributed by atoms with van der Waals surface area (Å²) in [6, 6.07) is 13.1. The molecule has 0 aliphatic carbocycles. The first-order valence-electron chi connectivity index (χ1n) is 9.11. The highest BCUT2D eigenvalue weighted by Crippen LogP contribution is 2.21. The molecule has 3 aromatic rings. The molecular formula is C20H18ClFN6O. The van der Waals surface area contributed by atoms with Crippen molar-refractivity contribution in [1.29, 1.82) is 0 Å². The summed E-state index contributed by atoms with van der Waals surface area (Å²) >= 11 is 6.01. The number of halogens is 2. The second-order valence-corrected chi connectivity index (χ2v) is 6.93. The Kier molecular flexibility index (Phi) is 5.53. The summed E-state index contributed by atoms with van der Waals surface area (Å²) in [5.41, 5.74) is 0.311. The molecule has 0 radical (unpaired) electrons. The molecule has 9 heteroatoms. The zero-order valence-corrected chi connectivity index (χ0v) is 16.2. The van der Waals surface area contributed by atoms with Crippen molar-refractivity contribution in [2.45, 2.75) is 0 Å². The summed E-state index contributed by atoms with van der Waals surface area (Å²) in [7, 11) is 0. The van der Waals surface area contributed by atoms with Crippen molar-refractivity contribution < 1.29 is 9.18 Å². The van der Waals surface area contributed by atoms with Gasteiger partial charge in [-0.15, -0.1) is 10.2 Å². The highest BCUT2D eigenvalue weighted by atomic mass is 35.5. The van der Waals surface area contributed by atoms with Gasteiger partial charge in [-0.25, -0.2) is 9.37 Å². The van der Waals surface area contributed by atoms with E-state index in [-0.39, 0.29) is 10.9 Å². The average molecular weight is 413 g/mol. The van der Waals surface area contributed by atoms with Crippen molar-refractivity contribution in [2.75, 3.05) is 36.4 Å². The van der Waals surface area contributed by atoms with Crippen molar-refractivity contribution in [3.63, 3.8) is 0 Å². The third-order valence-electron chi connectivity index (χ3n) is 4.62. The van der Waals surface area contributed by atoms with Gasteiger partial charge in [0.25, 0.3) is 5.91 Å². The molecule has 1 N–H and O–H groups in total. The highest BCUT2D eigenvalue weighted by Gasteiger charge is 2.24. The number of nitrogens with zero attached hydrogens (tertiary/aromatic N) is 5. The lowest BCUT2D eigenvalue weighted by atomic mass is 10.1. The standard InChI is InChI=1S/C20H18ClFN6O/c21-16-13-14(22)4-5-15(16)20(29)28-11-9-27(10-12-28)19-7-6-18(25-26-19)24-17-3-1-2-8-23-17/h1-8,13H,9-12H2,(H,23,24,25). The van der Waals surface area contributed by atoms with E-state index in [1.807, 2.05) is 30.3 Å². The summed E-state index contributed by atoms with van der Waals surface area (Å²) in [5, 5.41) is 11.7. The number of anilines is 3. The summed E-state index contributed by atoms with van der Waals surface area (Å²) in [6.07, 6.45) is 1.70. The van der Waals surface area contributed by atoms with E-state index in [0.717, 1.165) is 11.9 Å². The van der Waals surface area contributed by atoms with Crippen LogP contribution in [0.5, 0.6) is 0 Å². The maximum absolute atomic E-state index is 13.2. The molecule has 29 heavy (non-hydrogen) atoms. The predicted octanol–water partition coefficient (Wildman–Crippen LogP) is 3.37. The highest BCUT2D eigenvalue weighted by molar-refractivity contribution is 6.33. The SMILES string of the molecule is O=C(c1ccc(F)cc1Cl)N1CCN(c2ccc(Nc3ccccn3)nn2)CC1. The number of nitrogens with one attached hydrogen (secondary N) is 1. The van der Waals surface area contributed by atoms with Gasteiger partial charge in [-0.2, -0.15) is 0 Å². The zero-order chi connectivity index (χ0) is 20.2. The number of amides is 1. The summed E-state index contributed by atoms with van der Waals surface area (Å²) in [4.78, 5) is 20.6. The van der Waals surface area contributed by atoms with E-state index in [2.05, 4.69) is 25.4 Å². The quantitative estimate of drug-likeness (QED) is 0.708. The summed E-state index contributed by atoms with van der Waals surface area (Å²) in [5.74, 6) is 1.38. The monoisotopic (exact) mass is 412 g/mol. The first kappa shape index (κ1) is 19.1. The fourth-order valence-corrected chi connectivity index (χ4v) is 3.35. The minimum atomic E-state index is -0.462. The molecule has 1 fully saturated rings. The molecule has 0 atom stereocenters. The third-order valence-corrected chi connectivity index (χ3v) is 4.94. The number of pyridine rings is 1. The van der Waals surface area contributed by atoms with Crippen LogP contribution < -0.4 is 10.2 Å². The number of aromatic nitrogens is 3. The van der Waals surface area contributed by atoms with E-state index in [1.165, 1.54) is 12.1 Å². The molecule has 148 valence electrons. The molecule has 0 unspecified atom stereocenters. The fraction of sp³-hybridized carbons (Fsp3) is 0.200. The van der Waals surface area contributed by atoms with Crippen LogP contribution >= 0.6 is 11.6 Å². The van der Waals surface area contributed by atoms with Crippen LogP contribution in [0.15, 0.2) is 54.7 Å². The molecule has 4 rings (SSSR count). The molecule has 1 aliphatic heterocycles. The van der Waals surface area contributed by atoms with Gasteiger partial charge in [-0.1, -0.05) is 17.7 Å². The van der Waals surface area contributed by atoms with Gasteiger partial charge >= 0.3 is 0 Å². The largest absolute Gasteiger partial charge is 0.352 e. The Morgan fingerprint density at radius 2 is 1.83 bits per heavy atom. The molecule has 7 nitrogen and oxygen atoms in total.